The highest BCUT2D eigenvalue weighted by molar-refractivity contribution is 7.88. The maximum Gasteiger partial charge on any atom is 0.172 e. The highest BCUT2D eigenvalue weighted by Crippen LogP contribution is 2.53. The molecule has 0 unspecified atom stereocenters. The van der Waals surface area contributed by atoms with Crippen molar-refractivity contribution >= 4 is 145 Å². The van der Waals surface area contributed by atoms with Crippen LogP contribution in [0.25, 0.3) is 75.4 Å². The molecule has 0 fully saturated rings. The lowest BCUT2D eigenvalue weighted by Gasteiger charge is -2.29. The van der Waals surface area contributed by atoms with E-state index < -0.39 is 21.4 Å². The highest BCUT2D eigenvalue weighted by Gasteiger charge is 2.41. The minimum absolute atomic E-state index is 0.634. The smallest absolute Gasteiger partial charge is 0.172 e. The maximum atomic E-state index is 18.0. The van der Waals surface area contributed by atoms with Crippen LogP contribution >= 0.6 is 21.4 Å². The van der Waals surface area contributed by atoms with Gasteiger partial charge < -0.3 is 13.7 Å². The number of hydrogen-bond donors (Lipinski definition) is 0. The van der Waals surface area contributed by atoms with Gasteiger partial charge in [0.2, 0.25) is 0 Å². The molecule has 14 aromatic carbocycles. The van der Waals surface area contributed by atoms with E-state index in [4.69, 9.17) is 0 Å². The molecular formula is C70H47O3P3. The molecule has 0 saturated carbocycles. The van der Waals surface area contributed by atoms with Gasteiger partial charge in [-0.2, -0.15) is 0 Å². The number of hydrogen-bond acceptors (Lipinski definition) is 3. The van der Waals surface area contributed by atoms with Crippen LogP contribution in [0.5, 0.6) is 0 Å². The third-order valence-electron chi connectivity index (χ3n) is 15.6. The third-order valence-corrected chi connectivity index (χ3v) is 25.3. The van der Waals surface area contributed by atoms with E-state index in [1.165, 1.54) is 0 Å². The summed E-state index contributed by atoms with van der Waals surface area (Å²) in [6, 6.07) is 95.6. The van der Waals surface area contributed by atoms with Gasteiger partial charge in [0.05, 0.1) is 0 Å². The fraction of sp³-hybridized carbons (Fsp3) is 0. The van der Waals surface area contributed by atoms with Crippen LogP contribution in [-0.2, 0) is 13.7 Å². The predicted molar refractivity (Wildman–Crippen MR) is 327 cm³/mol. The minimum atomic E-state index is -3.98. The van der Waals surface area contributed by atoms with Crippen molar-refractivity contribution in [3.63, 3.8) is 0 Å². The Bertz CT molecular complexity index is 4390. The lowest BCUT2D eigenvalue weighted by atomic mass is 10.1. The first-order valence-electron chi connectivity index (χ1n) is 25.6. The van der Waals surface area contributed by atoms with Gasteiger partial charge in [0.25, 0.3) is 0 Å². The van der Waals surface area contributed by atoms with Gasteiger partial charge in [0.1, 0.15) is 0 Å². The molecule has 0 aliphatic heterocycles. The monoisotopic (exact) mass is 1030 g/mol. The van der Waals surface area contributed by atoms with Crippen LogP contribution in [0.4, 0.5) is 0 Å². The van der Waals surface area contributed by atoms with E-state index in [0.29, 0.717) is 26.5 Å². The van der Waals surface area contributed by atoms with Crippen molar-refractivity contribution in [2.24, 2.45) is 0 Å². The molecule has 0 aliphatic carbocycles. The van der Waals surface area contributed by atoms with Crippen molar-refractivity contribution in [1.29, 1.82) is 0 Å². The van der Waals surface area contributed by atoms with Gasteiger partial charge in [-0.15, -0.1) is 0 Å². The highest BCUT2D eigenvalue weighted by atomic mass is 31.2. The molecule has 76 heavy (non-hydrogen) atoms. The maximum absolute atomic E-state index is 18.0. The van der Waals surface area contributed by atoms with E-state index in [9.17, 15) is 0 Å². The quantitative estimate of drug-likeness (QED) is 0.135. The Balaban J connectivity index is 1.09. The van der Waals surface area contributed by atoms with Crippen LogP contribution < -0.4 is 47.7 Å². The van der Waals surface area contributed by atoms with Gasteiger partial charge >= 0.3 is 0 Å². The van der Waals surface area contributed by atoms with Crippen molar-refractivity contribution in [2.75, 3.05) is 0 Å². The second-order valence-electron chi connectivity index (χ2n) is 19.6. The predicted octanol–water partition coefficient (Wildman–Crippen LogP) is 14.7. The summed E-state index contributed by atoms with van der Waals surface area (Å²) in [5, 5.41) is 18.9. The minimum Gasteiger partial charge on any atom is -0.309 e. The molecule has 14 aromatic rings. The molecule has 0 bridgehead atoms. The Morgan fingerprint density at radius 1 is 0.145 bits per heavy atom. The van der Waals surface area contributed by atoms with Gasteiger partial charge in [-0.05, 0) is 99.7 Å². The van der Waals surface area contributed by atoms with Crippen LogP contribution in [0, 0.1) is 0 Å². The van der Waals surface area contributed by atoms with Crippen molar-refractivity contribution in [3.8, 4) is 0 Å². The van der Waals surface area contributed by atoms with Crippen LogP contribution in [0.3, 0.4) is 0 Å². The van der Waals surface area contributed by atoms with Crippen molar-refractivity contribution in [2.45, 2.75) is 0 Å². The first-order chi connectivity index (χ1) is 37.4. The van der Waals surface area contributed by atoms with Crippen molar-refractivity contribution in [3.05, 3.63) is 285 Å². The molecule has 0 N–H and O–H groups in total. The summed E-state index contributed by atoms with van der Waals surface area (Å²) in [5.74, 6) is 0. The van der Waals surface area contributed by atoms with E-state index in [1.807, 2.05) is 182 Å². The average molecular weight is 1030 g/mol. The summed E-state index contributed by atoms with van der Waals surface area (Å²) in [6.45, 7) is 0. The Hall–Kier alpha value is -8.41. The zero-order chi connectivity index (χ0) is 51.0. The largest absolute Gasteiger partial charge is 0.309 e. The molecule has 0 aromatic heterocycles. The molecule has 0 amide bonds. The van der Waals surface area contributed by atoms with Crippen molar-refractivity contribution in [1.82, 2.24) is 0 Å². The molecule has 14 rings (SSSR count). The zero-order valence-electron chi connectivity index (χ0n) is 41.2. The van der Waals surface area contributed by atoms with Gasteiger partial charge in [-0.1, -0.05) is 261 Å². The van der Waals surface area contributed by atoms with E-state index >= 15 is 13.7 Å². The summed E-state index contributed by atoms with van der Waals surface area (Å²) in [5.41, 5.74) is 0. The zero-order valence-corrected chi connectivity index (χ0v) is 43.9. The topological polar surface area (TPSA) is 51.2 Å². The van der Waals surface area contributed by atoms with Crippen LogP contribution in [0.15, 0.2) is 285 Å². The molecule has 0 saturated heterocycles. The Morgan fingerprint density at radius 2 is 0.289 bits per heavy atom. The molecule has 0 heterocycles. The lowest BCUT2D eigenvalue weighted by Crippen LogP contribution is -2.32. The molecule has 0 aliphatic rings. The molecule has 0 spiro atoms. The molecule has 360 valence electrons. The van der Waals surface area contributed by atoms with Gasteiger partial charge in [0, 0.05) is 47.7 Å². The Kier molecular flexibility index (Phi) is 11.0. The average Bonchev–Trinajstić information content (AvgIpc) is 3.61. The fourth-order valence-corrected chi connectivity index (χ4v) is 22.0. The van der Waals surface area contributed by atoms with Crippen LogP contribution in [0.1, 0.15) is 0 Å². The van der Waals surface area contributed by atoms with E-state index in [0.717, 1.165) is 96.6 Å². The first-order valence-corrected chi connectivity index (χ1v) is 30.8. The molecule has 0 atom stereocenters. The van der Waals surface area contributed by atoms with Crippen LogP contribution in [0.2, 0.25) is 0 Å². The number of benzene rings is 14. The van der Waals surface area contributed by atoms with E-state index in [1.54, 1.807) is 0 Å². The molecule has 6 heteroatoms. The normalized spacial score (nSPS) is 12.4. The Labute approximate surface area is 440 Å². The summed E-state index contributed by atoms with van der Waals surface area (Å²) < 4.78 is 52.7. The first kappa shape index (κ1) is 46.1. The van der Waals surface area contributed by atoms with Gasteiger partial charge in [-0.3, -0.25) is 0 Å². The summed E-state index contributed by atoms with van der Waals surface area (Å²) >= 11 is 0. The SMILES string of the molecule is O=P(c1cccc2ccccc12)(c1cccc2ccccc12)c1ccc(P(=O)(c2cccc3ccccc23)c2ccc(P(=O)(c3cccc4ccccc34)c3cccc4ccccc34)c3ccccc23)c2ccccc12. The molecular weight excluding hydrogens is 982 g/mol. The van der Waals surface area contributed by atoms with Gasteiger partial charge in [0.15, 0.2) is 21.4 Å². The number of fused-ring (bicyclic) bond motifs is 7. The summed E-state index contributed by atoms with van der Waals surface area (Å²) in [7, 11) is -11.5. The fourth-order valence-electron chi connectivity index (χ4n) is 12.2. The third kappa shape index (κ3) is 6.94. The molecule has 0 radical (unpaired) electrons. The van der Waals surface area contributed by atoms with E-state index in [2.05, 4.69) is 103 Å². The second kappa shape index (κ2) is 18.2. The van der Waals surface area contributed by atoms with Crippen LogP contribution in [-0.4, -0.2) is 0 Å². The second-order valence-corrected chi connectivity index (χ2v) is 27.6. The summed E-state index contributed by atoms with van der Waals surface area (Å²) in [4.78, 5) is 0. The molecule has 3 nitrogen and oxygen atoms in total. The Morgan fingerprint density at radius 3 is 0.487 bits per heavy atom. The standard InChI is InChI=1S/C70H47O3P3/c71-74(62-39-15-25-48-20-1-6-30-53(48)62,63-40-16-26-49-21-2-7-31-54(49)63)67-44-46-69(60-37-13-11-35-58(60)67)76(73,66-43-19-29-52-24-5-10-34-57(52)66)70-47-45-68(59-36-12-14-38-61(59)70)75(72,64-41-17-27-50-22-3-8-32-55(50)64)65-42-18-28-51-23-4-9-33-56(51)65/h1-47H. The lowest BCUT2D eigenvalue weighted by molar-refractivity contribution is 0.591. The summed E-state index contributed by atoms with van der Waals surface area (Å²) in [6.07, 6.45) is 0. The van der Waals surface area contributed by atoms with E-state index in [-0.39, 0.29) is 0 Å². The van der Waals surface area contributed by atoms with Gasteiger partial charge in [-0.25, -0.2) is 0 Å². The number of rotatable bonds is 9. The van der Waals surface area contributed by atoms with Crippen molar-refractivity contribution < 1.29 is 13.7 Å².